The molecule has 1 rings (SSSR count). The van der Waals surface area contributed by atoms with E-state index in [0.29, 0.717) is 0 Å². The van der Waals surface area contributed by atoms with Gasteiger partial charge >= 0.3 is 5.97 Å². The summed E-state index contributed by atoms with van der Waals surface area (Å²) < 4.78 is 27.7. The number of nitro groups is 1. The Bertz CT molecular complexity index is 654. The van der Waals surface area contributed by atoms with Crippen LogP contribution in [0.5, 0.6) is 0 Å². The Morgan fingerprint density at radius 2 is 2.05 bits per heavy atom. The second kappa shape index (κ2) is 6.90. The van der Waals surface area contributed by atoms with Crippen LogP contribution in [0.4, 0.5) is 5.69 Å². The zero-order valence-corrected chi connectivity index (χ0v) is 13.4. The summed E-state index contributed by atoms with van der Waals surface area (Å²) in [4.78, 5) is 21.8. The van der Waals surface area contributed by atoms with Gasteiger partial charge in [-0.25, -0.2) is 8.42 Å². The topological polar surface area (TPSA) is 104 Å². The standard InChI is InChI=1S/C12H15NO6S2/c1-8(2)19-12(14)7-20-11-5-4-9(21(3,17)18)6-10(11)13(15)16/h4-6,8H,7H2,1-3H3. The maximum Gasteiger partial charge on any atom is 0.316 e. The largest absolute Gasteiger partial charge is 0.462 e. The number of hydrogen-bond donors (Lipinski definition) is 0. The molecule has 0 saturated carbocycles. The normalized spacial score (nSPS) is 11.4. The van der Waals surface area contributed by atoms with Gasteiger partial charge < -0.3 is 4.74 Å². The van der Waals surface area contributed by atoms with Crippen LogP contribution in [0, 0.1) is 10.1 Å². The number of rotatable bonds is 6. The van der Waals surface area contributed by atoms with Crippen LogP contribution in [0.25, 0.3) is 0 Å². The molecule has 0 atom stereocenters. The summed E-state index contributed by atoms with van der Waals surface area (Å²) in [7, 11) is -3.53. The summed E-state index contributed by atoms with van der Waals surface area (Å²) in [5.74, 6) is -0.575. The molecule has 0 fully saturated rings. The first-order valence-corrected chi connectivity index (χ1v) is 8.79. The average Bonchev–Trinajstić information content (AvgIpc) is 2.34. The molecule has 21 heavy (non-hydrogen) atoms. The van der Waals surface area contributed by atoms with Gasteiger partial charge in [-0.3, -0.25) is 14.9 Å². The third kappa shape index (κ3) is 5.35. The maximum absolute atomic E-state index is 11.4. The number of benzene rings is 1. The molecule has 7 nitrogen and oxygen atoms in total. The van der Waals surface area contributed by atoms with Crippen LogP contribution in [0.3, 0.4) is 0 Å². The first-order chi connectivity index (χ1) is 9.61. The van der Waals surface area contributed by atoms with Gasteiger partial charge in [-0.05, 0) is 26.0 Å². The minimum atomic E-state index is -3.53. The van der Waals surface area contributed by atoms with Gasteiger partial charge in [0.15, 0.2) is 9.84 Å². The van der Waals surface area contributed by atoms with Crippen molar-refractivity contribution in [2.45, 2.75) is 29.7 Å². The van der Waals surface area contributed by atoms with Crippen molar-refractivity contribution >= 4 is 33.3 Å². The van der Waals surface area contributed by atoms with Gasteiger partial charge in [0.1, 0.15) is 0 Å². The highest BCUT2D eigenvalue weighted by Gasteiger charge is 2.20. The second-order valence-electron chi connectivity index (χ2n) is 4.49. The average molecular weight is 333 g/mol. The third-order valence-electron chi connectivity index (χ3n) is 2.27. The van der Waals surface area contributed by atoms with Gasteiger partial charge in [-0.1, -0.05) is 0 Å². The first kappa shape index (κ1) is 17.4. The molecule has 1 aromatic rings. The summed E-state index contributed by atoms with van der Waals surface area (Å²) in [6, 6.07) is 3.59. The smallest absolute Gasteiger partial charge is 0.316 e. The fourth-order valence-corrected chi connectivity index (χ4v) is 2.85. The first-order valence-electron chi connectivity index (χ1n) is 5.92. The number of sulfone groups is 1. The molecule has 9 heteroatoms. The van der Waals surface area contributed by atoms with Crippen molar-refractivity contribution in [3.63, 3.8) is 0 Å². The van der Waals surface area contributed by atoms with Gasteiger partial charge in [-0.2, -0.15) is 0 Å². The highest BCUT2D eigenvalue weighted by Crippen LogP contribution is 2.31. The van der Waals surface area contributed by atoms with Crippen LogP contribution in [-0.2, 0) is 19.4 Å². The summed E-state index contributed by atoms with van der Waals surface area (Å²) in [6.45, 7) is 3.40. The SMILES string of the molecule is CC(C)OC(=O)CSc1ccc(S(C)(=O)=O)cc1[N+](=O)[O-]. The van der Waals surface area contributed by atoms with E-state index in [-0.39, 0.29) is 27.3 Å². The summed E-state index contributed by atoms with van der Waals surface area (Å²) in [6.07, 6.45) is 0.708. The lowest BCUT2D eigenvalue weighted by Crippen LogP contribution is -2.13. The molecule has 0 aliphatic rings. The van der Waals surface area contributed by atoms with E-state index < -0.39 is 20.7 Å². The molecule has 0 N–H and O–H groups in total. The van der Waals surface area contributed by atoms with Crippen molar-refractivity contribution in [2.75, 3.05) is 12.0 Å². The zero-order chi connectivity index (χ0) is 16.2. The van der Waals surface area contributed by atoms with E-state index in [1.807, 2.05) is 0 Å². The molecule has 1 aromatic carbocycles. The van der Waals surface area contributed by atoms with E-state index in [1.165, 1.54) is 12.1 Å². The van der Waals surface area contributed by atoms with Crippen LogP contribution < -0.4 is 0 Å². The Kier molecular flexibility index (Phi) is 5.73. The predicted octanol–water partition coefficient (Wildman–Crippen LogP) is 2.04. The highest BCUT2D eigenvalue weighted by molar-refractivity contribution is 8.00. The van der Waals surface area contributed by atoms with Gasteiger partial charge in [0.05, 0.1) is 26.6 Å². The van der Waals surface area contributed by atoms with E-state index in [0.717, 1.165) is 24.1 Å². The van der Waals surface area contributed by atoms with Crippen LogP contribution in [0.2, 0.25) is 0 Å². The second-order valence-corrected chi connectivity index (χ2v) is 7.52. The van der Waals surface area contributed by atoms with Crippen molar-refractivity contribution in [3.05, 3.63) is 28.3 Å². The monoisotopic (exact) mass is 333 g/mol. The van der Waals surface area contributed by atoms with Gasteiger partial charge in [0.25, 0.3) is 5.69 Å². The number of thioether (sulfide) groups is 1. The Labute approximate surface area is 126 Å². The highest BCUT2D eigenvalue weighted by atomic mass is 32.2. The van der Waals surface area contributed by atoms with E-state index in [1.54, 1.807) is 13.8 Å². The van der Waals surface area contributed by atoms with Crippen molar-refractivity contribution < 1.29 is 22.9 Å². The Balaban J connectivity index is 2.98. The predicted molar refractivity (Wildman–Crippen MR) is 78.2 cm³/mol. The number of ether oxygens (including phenoxy) is 1. The lowest BCUT2D eigenvalue weighted by Gasteiger charge is -2.08. The van der Waals surface area contributed by atoms with Crippen LogP contribution in [0.15, 0.2) is 28.0 Å². The molecule has 0 saturated heterocycles. The van der Waals surface area contributed by atoms with Crippen molar-refractivity contribution in [1.82, 2.24) is 0 Å². The van der Waals surface area contributed by atoms with Crippen molar-refractivity contribution in [1.29, 1.82) is 0 Å². The molecule has 0 aliphatic carbocycles. The molecule has 0 spiro atoms. The number of nitrogens with zero attached hydrogens (tertiary/aromatic N) is 1. The van der Waals surface area contributed by atoms with E-state index >= 15 is 0 Å². The van der Waals surface area contributed by atoms with Gasteiger partial charge in [0.2, 0.25) is 0 Å². The Hall–Kier alpha value is -1.61. The van der Waals surface area contributed by atoms with Crippen molar-refractivity contribution in [3.8, 4) is 0 Å². The molecular weight excluding hydrogens is 318 g/mol. The fourth-order valence-electron chi connectivity index (χ4n) is 1.43. The maximum atomic E-state index is 11.4. The quantitative estimate of drug-likeness (QED) is 0.339. The molecular formula is C12H15NO6S2. The number of esters is 1. The summed E-state index contributed by atoms with van der Waals surface area (Å²) >= 11 is 0.934. The molecule has 0 aromatic heterocycles. The number of nitro benzene ring substituents is 1. The molecule has 0 heterocycles. The number of carbonyl (C=O) groups is 1. The van der Waals surface area contributed by atoms with Crippen LogP contribution >= 0.6 is 11.8 Å². The molecule has 0 bridgehead atoms. The van der Waals surface area contributed by atoms with Crippen molar-refractivity contribution in [2.24, 2.45) is 0 Å². The zero-order valence-electron chi connectivity index (χ0n) is 11.7. The molecule has 0 radical (unpaired) electrons. The van der Waals surface area contributed by atoms with Gasteiger partial charge in [0, 0.05) is 12.3 Å². The fraction of sp³-hybridized carbons (Fsp3) is 0.417. The van der Waals surface area contributed by atoms with E-state index in [4.69, 9.17) is 4.74 Å². The lowest BCUT2D eigenvalue weighted by molar-refractivity contribution is -0.388. The Morgan fingerprint density at radius 3 is 2.52 bits per heavy atom. The van der Waals surface area contributed by atoms with E-state index in [2.05, 4.69) is 0 Å². The van der Waals surface area contributed by atoms with E-state index in [9.17, 15) is 23.3 Å². The molecule has 0 aliphatic heterocycles. The minimum absolute atomic E-state index is 0.0861. The third-order valence-corrected chi connectivity index (χ3v) is 4.41. The molecule has 0 amide bonds. The van der Waals surface area contributed by atoms with Crippen LogP contribution in [0.1, 0.15) is 13.8 Å². The molecule has 0 unspecified atom stereocenters. The van der Waals surface area contributed by atoms with Crippen LogP contribution in [-0.4, -0.2) is 37.4 Å². The number of hydrogen-bond acceptors (Lipinski definition) is 7. The van der Waals surface area contributed by atoms with Gasteiger partial charge in [-0.15, -0.1) is 11.8 Å². The molecule has 116 valence electrons. The Morgan fingerprint density at radius 1 is 1.43 bits per heavy atom. The number of carbonyl (C=O) groups excluding carboxylic acids is 1. The summed E-state index contributed by atoms with van der Waals surface area (Å²) in [5.41, 5.74) is -0.347. The minimum Gasteiger partial charge on any atom is -0.462 e. The summed E-state index contributed by atoms with van der Waals surface area (Å²) in [5, 5.41) is 11.0. The lowest BCUT2D eigenvalue weighted by atomic mass is 10.3.